The van der Waals surface area contributed by atoms with Crippen molar-refractivity contribution in [3.8, 4) is 17.1 Å². The fraction of sp³-hybridized carbons (Fsp3) is 0. The Hall–Kier alpha value is -7.83. The lowest BCUT2D eigenvalue weighted by Gasteiger charge is -2.09. The molecule has 0 fully saturated rings. The van der Waals surface area contributed by atoms with E-state index in [0.29, 0.717) is 17.4 Å². The molecule has 0 radical (unpaired) electrons. The van der Waals surface area contributed by atoms with Gasteiger partial charge in [-0.1, -0.05) is 133 Å². The van der Waals surface area contributed by atoms with E-state index < -0.39 is 0 Å². The van der Waals surface area contributed by atoms with Crippen LogP contribution in [0.2, 0.25) is 0 Å². The second kappa shape index (κ2) is 11.4. The van der Waals surface area contributed by atoms with Crippen LogP contribution in [0.4, 0.5) is 0 Å². The van der Waals surface area contributed by atoms with Crippen LogP contribution >= 0.6 is 0 Å². The summed E-state index contributed by atoms with van der Waals surface area (Å²) in [5.41, 5.74) is 8.55. The fourth-order valence-electron chi connectivity index (χ4n) is 9.48. The maximum atomic E-state index is 5.44. The van der Waals surface area contributed by atoms with Gasteiger partial charge in [0.05, 0.1) is 33.1 Å². The highest BCUT2D eigenvalue weighted by molar-refractivity contribution is 6.24. The van der Waals surface area contributed by atoms with Crippen LogP contribution in [0.5, 0.6) is 0 Å². The highest BCUT2D eigenvalue weighted by atomic mass is 15.2. The molecule has 13 aromatic rings. The first-order valence-electron chi connectivity index (χ1n) is 19.3. The van der Waals surface area contributed by atoms with Crippen LogP contribution < -0.4 is 0 Å². The summed E-state index contributed by atoms with van der Waals surface area (Å²) >= 11 is 0. The first-order valence-corrected chi connectivity index (χ1v) is 19.3. The highest BCUT2D eigenvalue weighted by Gasteiger charge is 2.19. The van der Waals surface area contributed by atoms with Gasteiger partial charge >= 0.3 is 0 Å². The number of rotatable bonds is 2. The molecule has 0 spiro atoms. The van der Waals surface area contributed by atoms with Gasteiger partial charge in [0, 0.05) is 54.3 Å². The van der Waals surface area contributed by atoms with Crippen molar-refractivity contribution in [1.29, 1.82) is 0 Å². The molecule has 0 saturated carbocycles. The third kappa shape index (κ3) is 4.16. The molecule has 57 heavy (non-hydrogen) atoms. The van der Waals surface area contributed by atoms with Crippen molar-refractivity contribution >= 4 is 98.5 Å². The Morgan fingerprint density at radius 3 is 1.09 bits per heavy atom. The average molecular weight is 727 g/mol. The van der Waals surface area contributed by atoms with Crippen molar-refractivity contribution in [2.75, 3.05) is 0 Å². The minimum atomic E-state index is 0.572. The van der Waals surface area contributed by atoms with Crippen LogP contribution in [0, 0.1) is 0 Å². The van der Waals surface area contributed by atoms with E-state index in [1.165, 1.54) is 21.8 Å². The number of aromatic nitrogens is 6. The zero-order valence-corrected chi connectivity index (χ0v) is 30.5. The summed E-state index contributed by atoms with van der Waals surface area (Å²) in [7, 11) is 0. The van der Waals surface area contributed by atoms with E-state index >= 15 is 0 Å². The maximum Gasteiger partial charge on any atom is 0.240 e. The number of para-hydroxylation sites is 6. The summed E-state index contributed by atoms with van der Waals surface area (Å²) in [5.74, 6) is 1.75. The SMILES string of the molecule is c1ccc2c(c1)c1cccc3c4ccccc4n(c4nc(-c5ccc(-n6c7ccccc7c7ccccc76)cc5)nc(n4)n4c5ccccc5c5cccc2c54)c13. The minimum Gasteiger partial charge on any atom is -0.309 e. The normalized spacial score (nSPS) is 12.2. The van der Waals surface area contributed by atoms with Gasteiger partial charge in [0.2, 0.25) is 11.6 Å². The standard InChI is InChI=1S/C51H30N6/c1-2-14-34-33(13-1)39-19-11-21-41-37-17-5-9-25-45(37)56(47(39)41)50-52-49(53-51(54-50)57-46-26-10-6-18-38(46)42-22-12-20-40(34)48(42)57)31-27-29-32(30-28-31)55-43-23-7-3-15-35(43)36-16-4-8-24-44(36)55/h1-30H. The largest absolute Gasteiger partial charge is 0.309 e. The molecule has 6 nitrogen and oxygen atoms in total. The third-order valence-electron chi connectivity index (χ3n) is 11.9. The zero-order chi connectivity index (χ0) is 37.2. The lowest BCUT2D eigenvalue weighted by atomic mass is 10.0. The van der Waals surface area contributed by atoms with Gasteiger partial charge in [-0.2, -0.15) is 15.0 Å². The predicted octanol–water partition coefficient (Wildman–Crippen LogP) is 12.6. The van der Waals surface area contributed by atoms with Gasteiger partial charge in [0.15, 0.2) is 5.82 Å². The van der Waals surface area contributed by atoms with Crippen molar-refractivity contribution in [3.05, 3.63) is 182 Å². The molecule has 0 N–H and O–H groups in total. The van der Waals surface area contributed by atoms with E-state index in [1.807, 2.05) is 0 Å². The smallest absolute Gasteiger partial charge is 0.240 e. The maximum absolute atomic E-state index is 5.44. The van der Waals surface area contributed by atoms with Crippen molar-refractivity contribution in [1.82, 2.24) is 28.3 Å². The van der Waals surface area contributed by atoms with Gasteiger partial charge < -0.3 is 4.57 Å². The molecule has 0 aliphatic heterocycles. The number of fused-ring (bicyclic) bond motifs is 16. The first-order chi connectivity index (χ1) is 28.3. The van der Waals surface area contributed by atoms with Gasteiger partial charge in [-0.15, -0.1) is 0 Å². The molecule has 5 aromatic heterocycles. The van der Waals surface area contributed by atoms with Crippen LogP contribution in [-0.4, -0.2) is 28.3 Å². The van der Waals surface area contributed by atoms with Gasteiger partial charge in [-0.25, -0.2) is 0 Å². The molecule has 6 heteroatoms. The number of nitrogens with zero attached hydrogens (tertiary/aromatic N) is 6. The highest BCUT2D eigenvalue weighted by Crippen LogP contribution is 2.39. The Labute approximate surface area is 324 Å². The van der Waals surface area contributed by atoms with E-state index in [1.54, 1.807) is 0 Å². The molecule has 13 rings (SSSR count). The monoisotopic (exact) mass is 726 g/mol. The van der Waals surface area contributed by atoms with E-state index in [9.17, 15) is 0 Å². The van der Waals surface area contributed by atoms with Crippen molar-refractivity contribution in [2.45, 2.75) is 0 Å². The number of hydrogen-bond donors (Lipinski definition) is 0. The molecule has 0 amide bonds. The Kier molecular flexibility index (Phi) is 6.07. The van der Waals surface area contributed by atoms with Crippen LogP contribution in [0.1, 0.15) is 0 Å². The number of benzene rings is 8. The third-order valence-corrected chi connectivity index (χ3v) is 11.9. The molecular formula is C51H30N6. The Bertz CT molecular complexity index is 3640. The van der Waals surface area contributed by atoms with E-state index in [2.05, 4.69) is 195 Å². The van der Waals surface area contributed by atoms with Crippen molar-refractivity contribution in [2.24, 2.45) is 0 Å². The topological polar surface area (TPSA) is 52.4 Å². The molecule has 2 bridgehead atoms. The van der Waals surface area contributed by atoms with Gasteiger partial charge in [0.1, 0.15) is 0 Å². The number of hydrogen-bond acceptors (Lipinski definition) is 3. The fourth-order valence-corrected chi connectivity index (χ4v) is 9.48. The summed E-state index contributed by atoms with van der Waals surface area (Å²) in [5, 5.41) is 11.6. The Balaban J connectivity index is 1.22. The summed E-state index contributed by atoms with van der Waals surface area (Å²) in [6.45, 7) is 0. The van der Waals surface area contributed by atoms with Crippen LogP contribution in [-0.2, 0) is 0 Å². The van der Waals surface area contributed by atoms with Crippen LogP contribution in [0.25, 0.3) is 116 Å². The average Bonchev–Trinajstić information content (AvgIpc) is 3.92. The minimum absolute atomic E-state index is 0.572. The molecular weight excluding hydrogens is 697 g/mol. The molecule has 0 aliphatic carbocycles. The molecule has 0 aliphatic rings. The van der Waals surface area contributed by atoms with E-state index in [4.69, 9.17) is 15.0 Å². The lowest BCUT2D eigenvalue weighted by molar-refractivity contribution is 1.06. The molecule has 0 saturated heterocycles. The summed E-state index contributed by atoms with van der Waals surface area (Å²) in [4.78, 5) is 16.2. The molecule has 5 heterocycles. The van der Waals surface area contributed by atoms with Gasteiger partial charge in [-0.3, -0.25) is 8.80 Å². The Morgan fingerprint density at radius 1 is 0.281 bits per heavy atom. The molecule has 0 unspecified atom stereocenters. The quantitative estimate of drug-likeness (QED) is 0.178. The summed E-state index contributed by atoms with van der Waals surface area (Å²) in [6.07, 6.45) is 0. The Morgan fingerprint density at radius 2 is 0.632 bits per heavy atom. The zero-order valence-electron chi connectivity index (χ0n) is 30.5. The second-order valence-corrected chi connectivity index (χ2v) is 14.8. The summed E-state index contributed by atoms with van der Waals surface area (Å²) < 4.78 is 6.83. The van der Waals surface area contributed by atoms with E-state index in [-0.39, 0.29) is 0 Å². The lowest BCUT2D eigenvalue weighted by Crippen LogP contribution is -2.02. The van der Waals surface area contributed by atoms with Gasteiger partial charge in [0.25, 0.3) is 0 Å². The van der Waals surface area contributed by atoms with Crippen molar-refractivity contribution < 1.29 is 0 Å². The van der Waals surface area contributed by atoms with Crippen molar-refractivity contribution in [3.63, 3.8) is 0 Å². The first kappa shape index (κ1) is 30.5. The summed E-state index contributed by atoms with van der Waals surface area (Å²) in [6, 6.07) is 65.0. The molecule has 8 aromatic carbocycles. The van der Waals surface area contributed by atoms with Crippen LogP contribution in [0.3, 0.4) is 0 Å². The predicted molar refractivity (Wildman–Crippen MR) is 235 cm³/mol. The molecule has 264 valence electrons. The van der Waals surface area contributed by atoms with E-state index in [0.717, 1.165) is 76.4 Å². The van der Waals surface area contributed by atoms with Crippen LogP contribution in [0.15, 0.2) is 182 Å². The van der Waals surface area contributed by atoms with Gasteiger partial charge in [-0.05, 0) is 59.3 Å². The second-order valence-electron chi connectivity index (χ2n) is 14.8. The molecule has 0 atom stereocenters.